The molecule has 4 fully saturated rings. The average molecular weight is 733 g/mol. The van der Waals surface area contributed by atoms with Crippen molar-refractivity contribution in [1.29, 1.82) is 0 Å². The number of ether oxygens (including phenoxy) is 1. The van der Waals surface area contributed by atoms with Gasteiger partial charge in [-0.3, -0.25) is 14.6 Å². The third-order valence-electron chi connectivity index (χ3n) is 11.4. The third-order valence-corrected chi connectivity index (χ3v) is 11.4. The van der Waals surface area contributed by atoms with E-state index in [9.17, 15) is 9.50 Å². The highest BCUT2D eigenvalue weighted by atomic mass is 19.1. The molecule has 9 rings (SSSR count). The fraction of sp³-hybridized carbons (Fsp3) is 0.425. The highest BCUT2D eigenvalue weighted by molar-refractivity contribution is 6.03. The summed E-state index contributed by atoms with van der Waals surface area (Å²) in [7, 11) is 0. The van der Waals surface area contributed by atoms with Crippen LogP contribution in [0, 0.1) is 24.0 Å². The van der Waals surface area contributed by atoms with Gasteiger partial charge in [-0.25, -0.2) is 13.8 Å². The number of anilines is 2. The van der Waals surface area contributed by atoms with Crippen molar-refractivity contribution in [2.45, 2.75) is 69.3 Å². The zero-order valence-electron chi connectivity index (χ0n) is 30.0. The number of phenolic OH excluding ortho intramolecular Hbond substituents is 1. The summed E-state index contributed by atoms with van der Waals surface area (Å²) in [4.78, 5) is 18.8. The first-order valence-electron chi connectivity index (χ1n) is 18.7. The first kappa shape index (κ1) is 34.5. The molecule has 12 nitrogen and oxygen atoms in total. The third kappa shape index (κ3) is 6.29. The maximum absolute atomic E-state index is 16.8. The van der Waals surface area contributed by atoms with Crippen LogP contribution in [-0.4, -0.2) is 96.9 Å². The van der Waals surface area contributed by atoms with E-state index in [0.29, 0.717) is 61.4 Å². The first-order valence-corrected chi connectivity index (χ1v) is 18.7. The van der Waals surface area contributed by atoms with Crippen molar-refractivity contribution in [1.82, 2.24) is 40.2 Å². The number of aryl methyl sites for hydroxylation is 1. The monoisotopic (exact) mass is 732 g/mol. The number of piperazine rings is 1. The van der Waals surface area contributed by atoms with Crippen LogP contribution in [0.25, 0.3) is 32.9 Å². The van der Waals surface area contributed by atoms with Crippen molar-refractivity contribution in [3.63, 3.8) is 0 Å². The maximum atomic E-state index is 16.8. The second-order valence-electron chi connectivity index (χ2n) is 15.2. The average Bonchev–Trinajstić information content (AvgIpc) is 3.93. The Bertz CT molecular complexity index is 2310. The number of rotatable bonds is 11. The molecule has 3 aromatic heterocycles. The second kappa shape index (κ2) is 13.9. The summed E-state index contributed by atoms with van der Waals surface area (Å²) >= 11 is 0. The Kier molecular flexibility index (Phi) is 8.88. The van der Waals surface area contributed by atoms with E-state index in [4.69, 9.17) is 16.1 Å². The number of nitrogens with one attached hydrogen (secondary N) is 2. The summed E-state index contributed by atoms with van der Waals surface area (Å²) in [5.74, 6) is 1.80. The summed E-state index contributed by atoms with van der Waals surface area (Å²) in [6.45, 7) is 9.89. The Morgan fingerprint density at radius 1 is 1.17 bits per heavy atom. The smallest absolute Gasteiger partial charge is 0.225 e. The molecule has 0 spiro atoms. The molecule has 3 N–H and O–H groups in total. The summed E-state index contributed by atoms with van der Waals surface area (Å²) in [5, 5.41) is 27.4. The zero-order valence-corrected chi connectivity index (χ0v) is 30.0. The number of hydrogen-bond donors (Lipinski definition) is 3. The van der Waals surface area contributed by atoms with Gasteiger partial charge in [-0.15, -0.1) is 11.5 Å². The molecule has 7 heterocycles. The lowest BCUT2D eigenvalue weighted by Gasteiger charge is -2.34. The van der Waals surface area contributed by atoms with E-state index >= 15 is 4.39 Å². The van der Waals surface area contributed by atoms with Crippen molar-refractivity contribution in [2.24, 2.45) is 0 Å². The number of hydrogen-bond acceptors (Lipinski definition) is 11. The van der Waals surface area contributed by atoms with Gasteiger partial charge in [0.2, 0.25) is 5.95 Å². The van der Waals surface area contributed by atoms with Crippen LogP contribution >= 0.6 is 0 Å². The Labute approximate surface area is 311 Å². The van der Waals surface area contributed by atoms with Crippen molar-refractivity contribution in [2.75, 3.05) is 49.5 Å². The Morgan fingerprint density at radius 2 is 2.02 bits per heavy atom. The number of fused-ring (bicyclic) bond motifs is 5. The molecule has 278 valence electrons. The molecule has 14 heteroatoms. The standard InChI is InChI=1S/C40H42F2N10O2/c1-3-30-33(41)9-6-25-14-29(53)15-31(34(25)30)36-35(42)37-32(17-44-36)38(50-19-26-7-8-27(20-50)45-26)47-39(46-37)43-11-5-13-52-21-28(48-49-52)22-54-23-40-10-4-12-51(40)18-24(2)16-40/h1,6,9,14-15,17,21,26-27,45,53H,2,4-5,7-8,10-13,16,18-20,22-23H2,(H,43,46,47)/t26-,27+,40?. The van der Waals surface area contributed by atoms with E-state index in [-0.39, 0.29) is 45.0 Å². The molecule has 1 unspecified atom stereocenters. The van der Waals surface area contributed by atoms with Gasteiger partial charge < -0.3 is 25.4 Å². The SMILES string of the molecule is C#Cc1c(F)ccc2cc(O)cc(-c3ncc4c(N5C[C@H]6CC[C@@H](C5)N6)nc(NCCCn5cc(COCC67CCCN6CC(=C)C7)nn5)nc4c3F)c12. The van der Waals surface area contributed by atoms with Gasteiger partial charge in [-0.1, -0.05) is 29.4 Å². The molecule has 3 atom stereocenters. The zero-order chi connectivity index (χ0) is 37.0. The van der Waals surface area contributed by atoms with Crippen molar-refractivity contribution < 1.29 is 18.6 Å². The molecule has 0 saturated carbocycles. The number of terminal acetylenes is 1. The van der Waals surface area contributed by atoms with Crippen LogP contribution in [0.4, 0.5) is 20.5 Å². The Morgan fingerprint density at radius 3 is 2.85 bits per heavy atom. The minimum absolute atomic E-state index is 0.0336. The van der Waals surface area contributed by atoms with E-state index in [2.05, 4.69) is 53.2 Å². The van der Waals surface area contributed by atoms with Gasteiger partial charge in [-0.05, 0) is 68.7 Å². The summed E-state index contributed by atoms with van der Waals surface area (Å²) in [6, 6.07) is 6.18. The first-order chi connectivity index (χ1) is 26.3. The number of aromatic nitrogens is 6. The number of benzene rings is 2. The fourth-order valence-corrected chi connectivity index (χ4v) is 9.02. The molecule has 0 aliphatic carbocycles. The summed E-state index contributed by atoms with van der Waals surface area (Å²) < 4.78 is 39.7. The Balaban J connectivity index is 0.947. The quantitative estimate of drug-likeness (QED) is 0.0947. The molecule has 0 amide bonds. The van der Waals surface area contributed by atoms with Crippen LogP contribution in [0.1, 0.15) is 49.8 Å². The fourth-order valence-electron chi connectivity index (χ4n) is 9.02. The van der Waals surface area contributed by atoms with Gasteiger partial charge >= 0.3 is 0 Å². The van der Waals surface area contributed by atoms with Crippen LogP contribution in [0.3, 0.4) is 0 Å². The number of nitrogens with zero attached hydrogens (tertiary/aromatic N) is 8. The molecule has 2 aromatic carbocycles. The van der Waals surface area contributed by atoms with E-state index in [1.165, 1.54) is 36.3 Å². The number of aromatic hydroxyl groups is 1. The lowest BCUT2D eigenvalue weighted by molar-refractivity contribution is 0.0255. The number of phenols is 1. The molecule has 54 heavy (non-hydrogen) atoms. The Hall–Kier alpha value is -5.23. The molecule has 4 saturated heterocycles. The van der Waals surface area contributed by atoms with Gasteiger partial charge in [0.1, 0.15) is 34.3 Å². The molecule has 5 aromatic rings. The molecular formula is C40H42F2N10O2. The van der Waals surface area contributed by atoms with Crippen LogP contribution in [-0.2, 0) is 17.9 Å². The van der Waals surface area contributed by atoms with Crippen LogP contribution in [0.15, 0.2) is 48.8 Å². The van der Waals surface area contributed by atoms with Crippen molar-refractivity contribution in [3.8, 4) is 29.4 Å². The minimum atomic E-state index is -0.716. The minimum Gasteiger partial charge on any atom is -0.508 e. The molecule has 2 bridgehead atoms. The maximum Gasteiger partial charge on any atom is 0.225 e. The predicted octanol–water partition coefficient (Wildman–Crippen LogP) is 5.16. The highest BCUT2D eigenvalue weighted by Gasteiger charge is 2.46. The van der Waals surface area contributed by atoms with E-state index in [1.807, 2.05) is 6.20 Å². The van der Waals surface area contributed by atoms with Gasteiger partial charge in [0.15, 0.2) is 5.82 Å². The van der Waals surface area contributed by atoms with E-state index in [0.717, 1.165) is 57.6 Å². The normalized spacial score (nSPS) is 22.4. The lowest BCUT2D eigenvalue weighted by Crippen LogP contribution is -2.51. The number of halogens is 2. The van der Waals surface area contributed by atoms with Crippen molar-refractivity contribution in [3.05, 3.63) is 71.7 Å². The lowest BCUT2D eigenvalue weighted by atomic mass is 9.94. The van der Waals surface area contributed by atoms with Crippen molar-refractivity contribution >= 4 is 33.4 Å². The van der Waals surface area contributed by atoms with Gasteiger partial charge in [0.05, 0.1) is 30.4 Å². The topological polar surface area (TPSA) is 129 Å². The largest absolute Gasteiger partial charge is 0.508 e. The molecule has 4 aliphatic rings. The summed E-state index contributed by atoms with van der Waals surface area (Å²) in [6.07, 6.45) is 15.3. The van der Waals surface area contributed by atoms with E-state index in [1.54, 1.807) is 10.9 Å². The van der Waals surface area contributed by atoms with Gasteiger partial charge in [0, 0.05) is 67.5 Å². The number of pyridine rings is 1. The van der Waals surface area contributed by atoms with Gasteiger partial charge in [-0.2, -0.15) is 4.98 Å². The molecular weight excluding hydrogens is 691 g/mol. The predicted molar refractivity (Wildman–Crippen MR) is 202 cm³/mol. The van der Waals surface area contributed by atoms with Crippen LogP contribution < -0.4 is 15.5 Å². The summed E-state index contributed by atoms with van der Waals surface area (Å²) in [5.41, 5.74) is 2.26. The van der Waals surface area contributed by atoms with Crippen LogP contribution in [0.5, 0.6) is 5.75 Å². The van der Waals surface area contributed by atoms with Crippen LogP contribution in [0.2, 0.25) is 0 Å². The second-order valence-corrected chi connectivity index (χ2v) is 15.2. The molecule has 0 radical (unpaired) electrons. The van der Waals surface area contributed by atoms with E-state index < -0.39 is 11.6 Å². The molecule has 4 aliphatic heterocycles. The highest BCUT2D eigenvalue weighted by Crippen LogP contribution is 2.41. The van der Waals surface area contributed by atoms with Gasteiger partial charge in [0.25, 0.3) is 0 Å².